The number of carbonyl (C=O) groups excluding carboxylic acids is 3. The Balaban J connectivity index is 3.19. The molecule has 0 radical (unpaired) electrons. The highest BCUT2D eigenvalue weighted by molar-refractivity contribution is 6.06. The normalized spacial score (nSPS) is 12.2. The number of H-pyrrole nitrogens is 1. The SMILES string of the molecule is COC(=O)c1[nH]c(C)c(C(=O)C(C)N(CCC(C)C)C(=O)NC(C)C)c1C. The van der Waals surface area contributed by atoms with Crippen LogP contribution in [-0.2, 0) is 4.74 Å². The van der Waals surface area contributed by atoms with Crippen LogP contribution in [0.5, 0.6) is 0 Å². The number of ether oxygens (including phenoxy) is 1. The van der Waals surface area contributed by atoms with E-state index in [9.17, 15) is 14.4 Å². The maximum atomic E-state index is 13.2. The Kier molecular flexibility index (Phi) is 8.06. The lowest BCUT2D eigenvalue weighted by atomic mass is 9.99. The van der Waals surface area contributed by atoms with Crippen LogP contribution >= 0.6 is 0 Å². The quantitative estimate of drug-likeness (QED) is 0.534. The predicted octanol–water partition coefficient (Wildman–Crippen LogP) is 3.46. The zero-order valence-corrected chi connectivity index (χ0v) is 17.7. The van der Waals surface area contributed by atoms with Crippen LogP contribution in [0.1, 0.15) is 73.1 Å². The lowest BCUT2D eigenvalue weighted by Gasteiger charge is -2.30. The minimum absolute atomic E-state index is 0.0250. The van der Waals surface area contributed by atoms with Crippen molar-refractivity contribution in [2.45, 2.75) is 67.0 Å². The summed E-state index contributed by atoms with van der Waals surface area (Å²) >= 11 is 0. The van der Waals surface area contributed by atoms with Gasteiger partial charge in [0.2, 0.25) is 0 Å². The molecule has 1 heterocycles. The van der Waals surface area contributed by atoms with Crippen molar-refractivity contribution in [3.63, 3.8) is 0 Å². The van der Waals surface area contributed by atoms with Crippen molar-refractivity contribution in [2.24, 2.45) is 5.92 Å². The van der Waals surface area contributed by atoms with Gasteiger partial charge in [0.1, 0.15) is 5.69 Å². The Morgan fingerprint density at radius 2 is 1.70 bits per heavy atom. The van der Waals surface area contributed by atoms with E-state index in [1.165, 1.54) is 7.11 Å². The molecule has 1 atom stereocenters. The van der Waals surface area contributed by atoms with Gasteiger partial charge >= 0.3 is 12.0 Å². The molecule has 2 N–H and O–H groups in total. The fraction of sp³-hybridized carbons (Fsp3) is 0.650. The van der Waals surface area contributed by atoms with Gasteiger partial charge in [0, 0.05) is 23.8 Å². The third kappa shape index (κ3) is 5.58. The van der Waals surface area contributed by atoms with Crippen molar-refractivity contribution >= 4 is 17.8 Å². The van der Waals surface area contributed by atoms with Crippen LogP contribution in [0.2, 0.25) is 0 Å². The van der Waals surface area contributed by atoms with E-state index in [1.807, 2.05) is 13.8 Å². The van der Waals surface area contributed by atoms with E-state index in [4.69, 9.17) is 4.74 Å². The summed E-state index contributed by atoms with van der Waals surface area (Å²) in [6.45, 7) is 13.6. The Morgan fingerprint density at radius 1 is 1.11 bits per heavy atom. The number of aromatic nitrogens is 1. The molecule has 1 rings (SSSR count). The highest BCUT2D eigenvalue weighted by Crippen LogP contribution is 2.22. The molecular weight excluding hydrogens is 346 g/mol. The van der Waals surface area contributed by atoms with E-state index >= 15 is 0 Å². The number of Topliss-reactive ketones (excluding diaryl/α,β-unsaturated/α-hetero) is 1. The topological polar surface area (TPSA) is 91.5 Å². The van der Waals surface area contributed by atoms with Crippen LogP contribution in [0.25, 0.3) is 0 Å². The number of aryl methyl sites for hydroxylation is 1. The van der Waals surface area contributed by atoms with Crippen molar-refractivity contribution in [1.29, 1.82) is 0 Å². The zero-order chi connectivity index (χ0) is 20.9. The van der Waals surface area contributed by atoms with Crippen molar-refractivity contribution in [1.82, 2.24) is 15.2 Å². The van der Waals surface area contributed by atoms with Gasteiger partial charge in [0.15, 0.2) is 5.78 Å². The minimum atomic E-state index is -0.652. The van der Waals surface area contributed by atoms with Gasteiger partial charge in [0.05, 0.1) is 13.2 Å². The zero-order valence-electron chi connectivity index (χ0n) is 17.7. The molecule has 1 aromatic heterocycles. The van der Waals surface area contributed by atoms with Gasteiger partial charge < -0.3 is 19.9 Å². The lowest BCUT2D eigenvalue weighted by Crippen LogP contribution is -2.50. The van der Waals surface area contributed by atoms with Crippen molar-refractivity contribution in [3.8, 4) is 0 Å². The number of nitrogens with zero attached hydrogens (tertiary/aromatic N) is 1. The van der Waals surface area contributed by atoms with E-state index in [2.05, 4.69) is 24.1 Å². The molecule has 7 heteroatoms. The third-order valence-corrected chi connectivity index (χ3v) is 4.54. The molecule has 0 saturated carbocycles. The van der Waals surface area contributed by atoms with Crippen LogP contribution in [0.3, 0.4) is 0 Å². The highest BCUT2D eigenvalue weighted by Gasteiger charge is 2.31. The van der Waals surface area contributed by atoms with Gasteiger partial charge in [-0.2, -0.15) is 0 Å². The summed E-state index contributed by atoms with van der Waals surface area (Å²) in [7, 11) is 1.30. The molecule has 2 amide bonds. The van der Waals surface area contributed by atoms with Gasteiger partial charge in [-0.05, 0) is 52.5 Å². The van der Waals surface area contributed by atoms with E-state index in [0.29, 0.717) is 29.3 Å². The van der Waals surface area contributed by atoms with Gasteiger partial charge in [-0.3, -0.25) is 4.79 Å². The number of aromatic amines is 1. The largest absolute Gasteiger partial charge is 0.464 e. The van der Waals surface area contributed by atoms with Gasteiger partial charge in [-0.25, -0.2) is 9.59 Å². The van der Waals surface area contributed by atoms with E-state index < -0.39 is 12.0 Å². The summed E-state index contributed by atoms with van der Waals surface area (Å²) in [5, 5.41) is 2.87. The second-order valence-electron chi connectivity index (χ2n) is 7.64. The van der Waals surface area contributed by atoms with E-state index in [1.54, 1.807) is 25.7 Å². The first-order valence-corrected chi connectivity index (χ1v) is 9.40. The number of carbonyl (C=O) groups is 3. The number of nitrogens with one attached hydrogen (secondary N) is 2. The first-order valence-electron chi connectivity index (χ1n) is 9.40. The molecular formula is C20H33N3O4. The van der Waals surface area contributed by atoms with Gasteiger partial charge in [-0.15, -0.1) is 0 Å². The van der Waals surface area contributed by atoms with E-state index in [-0.39, 0.29) is 23.6 Å². The Morgan fingerprint density at radius 3 is 2.19 bits per heavy atom. The van der Waals surface area contributed by atoms with Crippen LogP contribution in [0.15, 0.2) is 0 Å². The van der Waals surface area contributed by atoms with Crippen molar-refractivity contribution < 1.29 is 19.1 Å². The molecule has 0 saturated heterocycles. The Hall–Kier alpha value is -2.31. The summed E-state index contributed by atoms with van der Waals surface area (Å²) in [6, 6.07) is -0.935. The fourth-order valence-corrected chi connectivity index (χ4v) is 2.97. The predicted molar refractivity (Wildman–Crippen MR) is 105 cm³/mol. The Labute approximate surface area is 161 Å². The van der Waals surface area contributed by atoms with E-state index in [0.717, 1.165) is 6.42 Å². The number of hydrogen-bond donors (Lipinski definition) is 2. The monoisotopic (exact) mass is 379 g/mol. The number of urea groups is 1. The number of ketones is 1. The molecule has 1 aromatic rings. The second-order valence-corrected chi connectivity index (χ2v) is 7.64. The summed E-state index contributed by atoms with van der Waals surface area (Å²) < 4.78 is 4.76. The Bertz CT molecular complexity index is 692. The molecule has 7 nitrogen and oxygen atoms in total. The smallest absolute Gasteiger partial charge is 0.354 e. The molecule has 0 aliphatic heterocycles. The first-order chi connectivity index (χ1) is 12.5. The second kappa shape index (κ2) is 9.58. The summed E-state index contributed by atoms with van der Waals surface area (Å²) in [5.41, 5.74) is 1.85. The molecule has 27 heavy (non-hydrogen) atoms. The minimum Gasteiger partial charge on any atom is -0.464 e. The van der Waals surface area contributed by atoms with Crippen LogP contribution in [0, 0.1) is 19.8 Å². The molecule has 0 spiro atoms. The highest BCUT2D eigenvalue weighted by atomic mass is 16.5. The number of hydrogen-bond acceptors (Lipinski definition) is 4. The number of rotatable bonds is 8. The van der Waals surface area contributed by atoms with Gasteiger partial charge in [-0.1, -0.05) is 13.8 Å². The van der Waals surface area contributed by atoms with Crippen LogP contribution in [0.4, 0.5) is 4.79 Å². The van der Waals surface area contributed by atoms with Crippen LogP contribution < -0.4 is 5.32 Å². The molecule has 0 bridgehead atoms. The molecule has 0 fully saturated rings. The summed E-state index contributed by atoms with van der Waals surface area (Å²) in [6.07, 6.45) is 0.793. The molecule has 152 valence electrons. The van der Waals surface area contributed by atoms with Crippen molar-refractivity contribution in [2.75, 3.05) is 13.7 Å². The summed E-state index contributed by atoms with van der Waals surface area (Å²) in [5.74, 6) is -0.307. The van der Waals surface area contributed by atoms with Gasteiger partial charge in [0.25, 0.3) is 0 Å². The third-order valence-electron chi connectivity index (χ3n) is 4.54. The molecule has 1 unspecified atom stereocenters. The average Bonchev–Trinajstić information content (AvgIpc) is 2.87. The first kappa shape index (κ1) is 22.7. The number of methoxy groups -OCH3 is 1. The summed E-state index contributed by atoms with van der Waals surface area (Å²) in [4.78, 5) is 42.3. The molecule has 0 aromatic carbocycles. The number of esters is 1. The maximum Gasteiger partial charge on any atom is 0.354 e. The lowest BCUT2D eigenvalue weighted by molar-refractivity contribution is 0.0593. The fourth-order valence-electron chi connectivity index (χ4n) is 2.97. The number of amides is 2. The maximum absolute atomic E-state index is 13.2. The standard InChI is InChI=1S/C20H33N3O4/c1-11(2)9-10-23(20(26)21-12(3)4)15(7)18(24)16-13(5)17(19(25)27-8)22-14(16)6/h11-12,15,22H,9-10H2,1-8H3,(H,21,26). The molecule has 0 aliphatic carbocycles. The van der Waals surface area contributed by atoms with Crippen LogP contribution in [-0.4, -0.2) is 53.4 Å². The van der Waals surface area contributed by atoms with Crippen molar-refractivity contribution in [3.05, 3.63) is 22.5 Å². The average molecular weight is 380 g/mol. The molecule has 0 aliphatic rings.